The minimum atomic E-state index is -4.28. The van der Waals surface area contributed by atoms with E-state index < -0.39 is 11.7 Å². The summed E-state index contributed by atoms with van der Waals surface area (Å²) in [6.45, 7) is 2.15. The number of benzene rings is 1. The van der Waals surface area contributed by atoms with Crippen LogP contribution in [0.25, 0.3) is 0 Å². The largest absolute Gasteiger partial charge is 0.416 e. The van der Waals surface area contributed by atoms with Crippen LogP contribution in [0.2, 0.25) is 0 Å². The van der Waals surface area contributed by atoms with E-state index in [-0.39, 0.29) is 11.5 Å². The number of halogens is 3. The average Bonchev–Trinajstić information content (AvgIpc) is 2.77. The van der Waals surface area contributed by atoms with Gasteiger partial charge in [0.2, 0.25) is 0 Å². The lowest BCUT2D eigenvalue weighted by Crippen LogP contribution is -2.39. The second-order valence-corrected chi connectivity index (χ2v) is 5.87. The van der Waals surface area contributed by atoms with Crippen molar-refractivity contribution in [1.82, 2.24) is 0 Å². The number of rotatable bonds is 3. The number of nitrogens with two attached hydrogens (primary N) is 1. The Bertz CT molecular complexity index is 433. The van der Waals surface area contributed by atoms with E-state index in [2.05, 4.69) is 6.92 Å². The summed E-state index contributed by atoms with van der Waals surface area (Å²) in [5, 5.41) is 0. The summed E-state index contributed by atoms with van der Waals surface area (Å²) < 4.78 is 38.0. The zero-order valence-electron chi connectivity index (χ0n) is 11.1. The van der Waals surface area contributed by atoms with Crippen molar-refractivity contribution in [2.75, 3.05) is 0 Å². The van der Waals surface area contributed by atoms with Gasteiger partial charge in [0, 0.05) is 6.04 Å². The lowest BCUT2D eigenvalue weighted by atomic mass is 9.78. The summed E-state index contributed by atoms with van der Waals surface area (Å²) in [5.74, 6) is 0. The first-order chi connectivity index (χ1) is 8.81. The molecule has 1 nitrogen and oxygen atoms in total. The van der Waals surface area contributed by atoms with Gasteiger partial charge >= 0.3 is 6.18 Å². The highest BCUT2D eigenvalue weighted by molar-refractivity contribution is 5.26. The molecule has 1 aromatic carbocycles. The van der Waals surface area contributed by atoms with Gasteiger partial charge in [0.15, 0.2) is 0 Å². The minimum Gasteiger partial charge on any atom is -0.327 e. The number of alkyl halides is 3. The molecule has 2 N–H and O–H groups in total. The summed E-state index contributed by atoms with van der Waals surface area (Å²) in [7, 11) is 0. The fourth-order valence-electron chi connectivity index (χ4n) is 2.93. The highest BCUT2D eigenvalue weighted by atomic mass is 19.4. The molecule has 0 aromatic heterocycles. The SMILES string of the molecule is CC1(C(N)Cc2cccc(C(F)(F)F)c2)CCCC1. The molecule has 1 fully saturated rings. The first-order valence-corrected chi connectivity index (χ1v) is 6.73. The lowest BCUT2D eigenvalue weighted by molar-refractivity contribution is -0.137. The third kappa shape index (κ3) is 3.30. The third-order valence-corrected chi connectivity index (χ3v) is 4.35. The zero-order chi connectivity index (χ0) is 14.1. The molecule has 1 unspecified atom stereocenters. The lowest BCUT2D eigenvalue weighted by Gasteiger charge is -2.31. The molecule has 0 radical (unpaired) electrons. The van der Waals surface area contributed by atoms with Crippen molar-refractivity contribution >= 4 is 0 Å². The van der Waals surface area contributed by atoms with Gasteiger partial charge in [-0.25, -0.2) is 0 Å². The van der Waals surface area contributed by atoms with Crippen LogP contribution >= 0.6 is 0 Å². The van der Waals surface area contributed by atoms with E-state index in [0.29, 0.717) is 12.0 Å². The van der Waals surface area contributed by atoms with Gasteiger partial charge in [-0.05, 0) is 36.3 Å². The normalized spacial score (nSPS) is 20.5. The van der Waals surface area contributed by atoms with E-state index in [1.54, 1.807) is 6.07 Å². The molecular weight excluding hydrogens is 251 g/mol. The van der Waals surface area contributed by atoms with E-state index >= 15 is 0 Å². The van der Waals surface area contributed by atoms with Crippen LogP contribution in [0.15, 0.2) is 24.3 Å². The molecule has 1 aliphatic carbocycles. The second-order valence-electron chi connectivity index (χ2n) is 5.87. The molecule has 0 saturated heterocycles. The van der Waals surface area contributed by atoms with Gasteiger partial charge in [-0.1, -0.05) is 38.0 Å². The van der Waals surface area contributed by atoms with Crippen molar-refractivity contribution in [3.8, 4) is 0 Å². The average molecular weight is 271 g/mol. The Hall–Kier alpha value is -1.03. The summed E-state index contributed by atoms with van der Waals surface area (Å²) in [6, 6.07) is 5.44. The van der Waals surface area contributed by atoms with Gasteiger partial charge in [0.1, 0.15) is 0 Å². The van der Waals surface area contributed by atoms with Crippen molar-refractivity contribution < 1.29 is 13.2 Å². The van der Waals surface area contributed by atoms with E-state index in [9.17, 15) is 13.2 Å². The van der Waals surface area contributed by atoms with E-state index in [1.807, 2.05) is 0 Å². The van der Waals surface area contributed by atoms with Crippen molar-refractivity contribution in [1.29, 1.82) is 0 Å². The minimum absolute atomic E-state index is 0.0708. The molecule has 1 saturated carbocycles. The Labute approximate surface area is 112 Å². The third-order valence-electron chi connectivity index (χ3n) is 4.35. The smallest absolute Gasteiger partial charge is 0.327 e. The maximum absolute atomic E-state index is 12.7. The fraction of sp³-hybridized carbons (Fsp3) is 0.600. The van der Waals surface area contributed by atoms with Crippen molar-refractivity contribution in [3.05, 3.63) is 35.4 Å². The maximum atomic E-state index is 12.7. The van der Waals surface area contributed by atoms with Crippen molar-refractivity contribution in [3.63, 3.8) is 0 Å². The Morgan fingerprint density at radius 3 is 2.47 bits per heavy atom. The standard InChI is InChI=1S/C15H20F3N/c1-14(7-2-3-8-14)13(19)10-11-5-4-6-12(9-11)15(16,17)18/h4-6,9,13H,2-3,7-8,10,19H2,1H3. The van der Waals surface area contributed by atoms with Crippen LogP contribution < -0.4 is 5.73 Å². The predicted molar refractivity (Wildman–Crippen MR) is 69.7 cm³/mol. The Morgan fingerprint density at radius 1 is 1.26 bits per heavy atom. The molecule has 1 atom stereocenters. The van der Waals surface area contributed by atoms with Crippen LogP contribution in [0.4, 0.5) is 13.2 Å². The number of hydrogen-bond acceptors (Lipinski definition) is 1. The second kappa shape index (κ2) is 5.16. The molecule has 0 heterocycles. The monoisotopic (exact) mass is 271 g/mol. The first kappa shape index (κ1) is 14.4. The molecule has 0 amide bonds. The molecule has 0 aliphatic heterocycles. The predicted octanol–water partition coefficient (Wildman–Crippen LogP) is 4.16. The van der Waals surface area contributed by atoms with Crippen LogP contribution in [0.1, 0.15) is 43.7 Å². The van der Waals surface area contributed by atoms with Gasteiger partial charge < -0.3 is 5.73 Å². The van der Waals surface area contributed by atoms with Crippen molar-refractivity contribution in [2.45, 2.75) is 51.2 Å². The molecule has 2 rings (SSSR count). The van der Waals surface area contributed by atoms with Gasteiger partial charge in [-0.3, -0.25) is 0 Å². The van der Waals surface area contributed by atoms with E-state index in [4.69, 9.17) is 5.73 Å². The van der Waals surface area contributed by atoms with Crippen LogP contribution in [0, 0.1) is 5.41 Å². The van der Waals surface area contributed by atoms with E-state index in [0.717, 1.165) is 18.9 Å². The first-order valence-electron chi connectivity index (χ1n) is 6.73. The molecule has 0 bridgehead atoms. The summed E-state index contributed by atoms with van der Waals surface area (Å²) in [6.07, 6.45) is 0.734. The van der Waals surface area contributed by atoms with Gasteiger partial charge in [0.05, 0.1) is 5.56 Å². The molecule has 4 heteroatoms. The molecule has 1 aromatic rings. The summed E-state index contributed by atoms with van der Waals surface area (Å²) in [5.41, 5.74) is 6.39. The van der Waals surface area contributed by atoms with Crippen LogP contribution in [0.3, 0.4) is 0 Å². The molecule has 0 spiro atoms. The molecular formula is C15H20F3N. The summed E-state index contributed by atoms with van der Waals surface area (Å²) >= 11 is 0. The van der Waals surface area contributed by atoms with Crippen molar-refractivity contribution in [2.24, 2.45) is 11.1 Å². The quantitative estimate of drug-likeness (QED) is 0.877. The highest BCUT2D eigenvalue weighted by Crippen LogP contribution is 2.40. The van der Waals surface area contributed by atoms with Gasteiger partial charge in [-0.2, -0.15) is 13.2 Å². The Morgan fingerprint density at radius 2 is 1.89 bits per heavy atom. The number of hydrogen-bond donors (Lipinski definition) is 1. The van der Waals surface area contributed by atoms with Crippen LogP contribution in [-0.4, -0.2) is 6.04 Å². The highest BCUT2D eigenvalue weighted by Gasteiger charge is 2.35. The molecule has 106 valence electrons. The van der Waals surface area contributed by atoms with Gasteiger partial charge in [0.25, 0.3) is 0 Å². The molecule has 19 heavy (non-hydrogen) atoms. The van der Waals surface area contributed by atoms with Crippen LogP contribution in [0.5, 0.6) is 0 Å². The van der Waals surface area contributed by atoms with E-state index in [1.165, 1.54) is 25.0 Å². The summed E-state index contributed by atoms with van der Waals surface area (Å²) in [4.78, 5) is 0. The van der Waals surface area contributed by atoms with Gasteiger partial charge in [-0.15, -0.1) is 0 Å². The Balaban J connectivity index is 2.11. The Kier molecular flexibility index (Phi) is 3.90. The van der Waals surface area contributed by atoms with Crippen LogP contribution in [-0.2, 0) is 12.6 Å². The molecule has 1 aliphatic rings. The maximum Gasteiger partial charge on any atom is 0.416 e. The zero-order valence-corrected chi connectivity index (χ0v) is 11.1. The fourth-order valence-corrected chi connectivity index (χ4v) is 2.93. The topological polar surface area (TPSA) is 26.0 Å².